The molecule has 0 fully saturated rings. The lowest BCUT2D eigenvalue weighted by atomic mass is 10.0. The van der Waals surface area contributed by atoms with Crippen molar-refractivity contribution in [3.8, 4) is 0 Å². The Balaban J connectivity index is 4.04. The summed E-state index contributed by atoms with van der Waals surface area (Å²) in [6, 6.07) is 0. The van der Waals surface area contributed by atoms with Crippen molar-refractivity contribution in [1.29, 1.82) is 0 Å². The summed E-state index contributed by atoms with van der Waals surface area (Å²) in [5, 5.41) is 0. The molecule has 1 atom stereocenters. The SMILES string of the molecule is CCCCCCC/C=C\C/C=C\C/C=C\CCCCCCCCCCCCCCCCCCC(=O)OCC(COC(=O)CCCCCCCCCC)OC(=O)CCCCCCCCCCCCCCCCCC. The van der Waals surface area contributed by atoms with Gasteiger partial charge in [0.15, 0.2) is 6.10 Å². The molecule has 0 aliphatic heterocycles. The third kappa shape index (κ3) is 60.4. The van der Waals surface area contributed by atoms with Crippen LogP contribution in [0.5, 0.6) is 0 Å². The number of ether oxygens (including phenoxy) is 3. The predicted octanol–water partition coefficient (Wildman–Crippen LogP) is 22.0. The van der Waals surface area contributed by atoms with E-state index >= 15 is 0 Å². The predicted molar refractivity (Wildman–Crippen MR) is 316 cm³/mol. The summed E-state index contributed by atoms with van der Waals surface area (Å²) >= 11 is 0. The van der Waals surface area contributed by atoms with E-state index < -0.39 is 6.10 Å². The first-order chi connectivity index (χ1) is 36.0. The van der Waals surface area contributed by atoms with E-state index in [1.54, 1.807) is 0 Å². The Morgan fingerprint density at radius 3 is 0.767 bits per heavy atom. The van der Waals surface area contributed by atoms with Gasteiger partial charge in [-0.3, -0.25) is 14.4 Å². The molecule has 0 rings (SSSR count). The molecular weight excluding hydrogens is 901 g/mol. The Labute approximate surface area is 455 Å². The Hall–Kier alpha value is -2.37. The topological polar surface area (TPSA) is 78.9 Å². The van der Waals surface area contributed by atoms with Crippen LogP contribution in [0.2, 0.25) is 0 Å². The molecule has 73 heavy (non-hydrogen) atoms. The van der Waals surface area contributed by atoms with Gasteiger partial charge in [-0.05, 0) is 57.8 Å². The smallest absolute Gasteiger partial charge is 0.306 e. The number of hydrogen-bond donors (Lipinski definition) is 0. The lowest BCUT2D eigenvalue weighted by molar-refractivity contribution is -0.167. The summed E-state index contributed by atoms with van der Waals surface area (Å²) in [7, 11) is 0. The minimum Gasteiger partial charge on any atom is -0.462 e. The highest BCUT2D eigenvalue weighted by molar-refractivity contribution is 5.71. The molecule has 0 aromatic heterocycles. The summed E-state index contributed by atoms with van der Waals surface area (Å²) in [5.41, 5.74) is 0. The quantitative estimate of drug-likeness (QED) is 0.0261. The number of hydrogen-bond acceptors (Lipinski definition) is 6. The average molecular weight is 1030 g/mol. The zero-order valence-electron chi connectivity index (χ0n) is 49.2. The second kappa shape index (κ2) is 62.2. The van der Waals surface area contributed by atoms with Crippen molar-refractivity contribution in [3.05, 3.63) is 36.5 Å². The first kappa shape index (κ1) is 70.6. The maximum atomic E-state index is 12.8. The van der Waals surface area contributed by atoms with Crippen molar-refractivity contribution in [1.82, 2.24) is 0 Å². The third-order valence-corrected chi connectivity index (χ3v) is 14.6. The van der Waals surface area contributed by atoms with Crippen molar-refractivity contribution in [2.45, 2.75) is 361 Å². The lowest BCUT2D eigenvalue weighted by Gasteiger charge is -2.18. The monoisotopic (exact) mass is 1020 g/mol. The molecule has 0 amide bonds. The summed E-state index contributed by atoms with van der Waals surface area (Å²) in [6.07, 6.45) is 76.1. The molecule has 6 nitrogen and oxygen atoms in total. The minimum atomic E-state index is -0.765. The minimum absolute atomic E-state index is 0.0661. The molecule has 1 unspecified atom stereocenters. The van der Waals surface area contributed by atoms with Crippen molar-refractivity contribution < 1.29 is 28.6 Å². The second-order valence-corrected chi connectivity index (χ2v) is 22.0. The van der Waals surface area contributed by atoms with Crippen LogP contribution >= 0.6 is 0 Å². The second-order valence-electron chi connectivity index (χ2n) is 22.0. The van der Waals surface area contributed by atoms with Crippen molar-refractivity contribution in [3.63, 3.8) is 0 Å². The van der Waals surface area contributed by atoms with Crippen LogP contribution in [0.4, 0.5) is 0 Å². The summed E-state index contributed by atoms with van der Waals surface area (Å²) in [6.45, 7) is 6.65. The van der Waals surface area contributed by atoms with Crippen LogP contribution in [0.3, 0.4) is 0 Å². The third-order valence-electron chi connectivity index (χ3n) is 14.6. The number of allylic oxidation sites excluding steroid dienone is 6. The van der Waals surface area contributed by atoms with Gasteiger partial charge in [0.05, 0.1) is 0 Å². The highest BCUT2D eigenvalue weighted by Crippen LogP contribution is 2.18. The molecule has 0 heterocycles. The summed E-state index contributed by atoms with van der Waals surface area (Å²) < 4.78 is 16.9. The van der Waals surface area contributed by atoms with Gasteiger partial charge in [-0.2, -0.15) is 0 Å². The number of rotatable bonds is 60. The normalized spacial score (nSPS) is 12.2. The van der Waals surface area contributed by atoms with E-state index in [1.165, 1.54) is 244 Å². The van der Waals surface area contributed by atoms with Crippen LogP contribution < -0.4 is 0 Å². The molecule has 0 saturated heterocycles. The highest BCUT2D eigenvalue weighted by atomic mass is 16.6. The molecule has 0 radical (unpaired) electrons. The van der Waals surface area contributed by atoms with Crippen LogP contribution in [0.1, 0.15) is 355 Å². The number of unbranched alkanes of at least 4 members (excludes halogenated alkanes) is 43. The molecule has 0 spiro atoms. The molecule has 6 heteroatoms. The van der Waals surface area contributed by atoms with Gasteiger partial charge in [0.2, 0.25) is 0 Å². The van der Waals surface area contributed by atoms with E-state index in [2.05, 4.69) is 57.2 Å². The van der Waals surface area contributed by atoms with E-state index in [1.807, 2.05) is 0 Å². The molecule has 0 aliphatic rings. The highest BCUT2D eigenvalue weighted by Gasteiger charge is 2.19. The molecular formula is C67H124O6. The molecule has 0 saturated carbocycles. The van der Waals surface area contributed by atoms with Crippen LogP contribution in [-0.4, -0.2) is 37.2 Å². The number of carbonyl (C=O) groups excluding carboxylic acids is 3. The Kier molecular flexibility index (Phi) is 60.2. The van der Waals surface area contributed by atoms with Gasteiger partial charge >= 0.3 is 17.9 Å². The average Bonchev–Trinajstić information content (AvgIpc) is 3.39. The molecule has 0 bridgehead atoms. The van der Waals surface area contributed by atoms with Gasteiger partial charge < -0.3 is 14.2 Å². The standard InChI is InChI=1S/C67H124O6/c1-4-7-10-13-16-19-21-23-25-27-28-29-30-31-32-33-34-35-36-37-38-39-40-41-43-44-46-48-51-54-57-60-66(69)72-63-64(62-71-65(68)59-56-53-50-18-15-12-9-6-3)73-67(70)61-58-55-52-49-47-45-42-26-24-22-20-17-14-11-8-5-2/h21,23,27-28,30-31,64H,4-20,22,24-26,29,32-63H2,1-3H3/b23-21-,28-27-,31-30-. The maximum absolute atomic E-state index is 12.8. The molecule has 0 aromatic carbocycles. The van der Waals surface area contributed by atoms with Gasteiger partial charge in [-0.1, -0.05) is 314 Å². The van der Waals surface area contributed by atoms with Gasteiger partial charge in [-0.15, -0.1) is 0 Å². The van der Waals surface area contributed by atoms with Crippen LogP contribution in [0.25, 0.3) is 0 Å². The van der Waals surface area contributed by atoms with Gasteiger partial charge in [0.1, 0.15) is 13.2 Å². The maximum Gasteiger partial charge on any atom is 0.306 e. The summed E-state index contributed by atoms with van der Waals surface area (Å²) in [4.78, 5) is 38.1. The first-order valence-electron chi connectivity index (χ1n) is 32.5. The Morgan fingerprint density at radius 2 is 0.493 bits per heavy atom. The van der Waals surface area contributed by atoms with Gasteiger partial charge in [0, 0.05) is 19.3 Å². The zero-order chi connectivity index (χ0) is 52.9. The number of carbonyl (C=O) groups is 3. The Bertz CT molecular complexity index is 1220. The van der Waals surface area contributed by atoms with Crippen LogP contribution in [0, 0.1) is 0 Å². The molecule has 0 N–H and O–H groups in total. The van der Waals surface area contributed by atoms with Gasteiger partial charge in [-0.25, -0.2) is 0 Å². The Morgan fingerprint density at radius 1 is 0.274 bits per heavy atom. The van der Waals surface area contributed by atoms with Crippen molar-refractivity contribution in [2.75, 3.05) is 13.2 Å². The van der Waals surface area contributed by atoms with E-state index in [-0.39, 0.29) is 31.1 Å². The van der Waals surface area contributed by atoms with Crippen LogP contribution in [0.15, 0.2) is 36.5 Å². The van der Waals surface area contributed by atoms with E-state index in [4.69, 9.17) is 14.2 Å². The summed E-state index contributed by atoms with van der Waals surface area (Å²) in [5.74, 6) is -0.847. The first-order valence-corrected chi connectivity index (χ1v) is 32.5. The van der Waals surface area contributed by atoms with Gasteiger partial charge in [0.25, 0.3) is 0 Å². The number of esters is 3. The van der Waals surface area contributed by atoms with E-state index in [0.29, 0.717) is 19.3 Å². The molecule has 0 aliphatic carbocycles. The molecule has 0 aromatic rings. The van der Waals surface area contributed by atoms with Crippen molar-refractivity contribution >= 4 is 17.9 Å². The zero-order valence-corrected chi connectivity index (χ0v) is 49.2. The lowest BCUT2D eigenvalue weighted by Crippen LogP contribution is -2.30. The fourth-order valence-corrected chi connectivity index (χ4v) is 9.75. The fourth-order valence-electron chi connectivity index (χ4n) is 9.75. The molecule has 428 valence electrons. The van der Waals surface area contributed by atoms with E-state index in [9.17, 15) is 14.4 Å². The van der Waals surface area contributed by atoms with E-state index in [0.717, 1.165) is 70.6 Å². The van der Waals surface area contributed by atoms with Crippen molar-refractivity contribution in [2.24, 2.45) is 0 Å². The van der Waals surface area contributed by atoms with Crippen LogP contribution in [-0.2, 0) is 28.6 Å². The fraction of sp³-hybridized carbons (Fsp3) is 0.866. The largest absolute Gasteiger partial charge is 0.462 e.